The first-order valence-corrected chi connectivity index (χ1v) is 8.03. The summed E-state index contributed by atoms with van der Waals surface area (Å²) in [5.74, 6) is 0.857. The Morgan fingerprint density at radius 1 is 1.12 bits per heavy atom. The van der Waals surface area contributed by atoms with Gasteiger partial charge in [0.2, 0.25) is 0 Å². The fourth-order valence-electron chi connectivity index (χ4n) is 2.71. The molecular weight excluding hydrogens is 313 g/mol. The molecule has 0 aliphatic heterocycles. The first-order chi connectivity index (χ1) is 12.2. The quantitative estimate of drug-likeness (QED) is 0.343. The van der Waals surface area contributed by atoms with Gasteiger partial charge in [0.1, 0.15) is 13.7 Å². The van der Waals surface area contributed by atoms with Crippen LogP contribution in [0.4, 0.5) is 5.82 Å². The molecule has 4 rings (SSSR count). The molecule has 1 N–H and O–H groups in total. The van der Waals surface area contributed by atoms with Crippen LogP contribution < -0.4 is 15.5 Å². The average molecular weight is 329 g/mol. The Morgan fingerprint density at radius 2 is 1.88 bits per heavy atom. The van der Waals surface area contributed by atoms with Gasteiger partial charge in [-0.05, 0) is 11.0 Å². The lowest BCUT2D eigenvalue weighted by Crippen LogP contribution is -2.24. The molecule has 0 saturated heterocycles. The van der Waals surface area contributed by atoms with Crippen molar-refractivity contribution in [2.45, 2.75) is 6.54 Å². The van der Waals surface area contributed by atoms with Gasteiger partial charge in [0.25, 0.3) is 0 Å². The van der Waals surface area contributed by atoms with Crippen molar-refractivity contribution in [1.29, 1.82) is 0 Å². The van der Waals surface area contributed by atoms with Crippen LogP contribution in [-0.4, -0.2) is 22.4 Å². The first kappa shape index (κ1) is 15.2. The Balaban J connectivity index is 1.72. The molecule has 0 fully saturated rings. The second kappa shape index (κ2) is 6.28. The summed E-state index contributed by atoms with van der Waals surface area (Å²) in [5, 5.41) is 19.0. The van der Waals surface area contributed by atoms with E-state index in [1.54, 1.807) is 16.6 Å². The summed E-state index contributed by atoms with van der Waals surface area (Å²) in [4.78, 5) is 4.75. The lowest BCUT2D eigenvalue weighted by atomic mass is 10.0. The zero-order valence-electron chi connectivity index (χ0n) is 13.8. The first-order valence-electron chi connectivity index (χ1n) is 8.03. The van der Waals surface area contributed by atoms with Gasteiger partial charge in [-0.25, -0.2) is 4.98 Å². The van der Waals surface area contributed by atoms with Crippen molar-refractivity contribution < 1.29 is 4.73 Å². The molecule has 0 aliphatic rings. The Labute approximate surface area is 145 Å². The van der Waals surface area contributed by atoms with E-state index in [0.717, 1.165) is 38.5 Å². The molecule has 3 heterocycles. The molecule has 122 valence electrons. The molecule has 0 atom stereocenters. The van der Waals surface area contributed by atoms with Crippen LogP contribution in [0, 0.1) is 5.21 Å². The van der Waals surface area contributed by atoms with E-state index in [0.29, 0.717) is 6.54 Å². The molecule has 4 aromatic rings. The summed E-state index contributed by atoms with van der Waals surface area (Å²) in [6.45, 7) is 0.590. The zero-order chi connectivity index (χ0) is 17.2. The van der Waals surface area contributed by atoms with Crippen LogP contribution in [0.15, 0.2) is 67.1 Å². The number of rotatable bonds is 4. The van der Waals surface area contributed by atoms with Gasteiger partial charge in [0.15, 0.2) is 18.0 Å². The van der Waals surface area contributed by atoms with Gasteiger partial charge in [0, 0.05) is 36.5 Å². The van der Waals surface area contributed by atoms with Gasteiger partial charge in [-0.3, -0.25) is 0 Å². The van der Waals surface area contributed by atoms with Gasteiger partial charge in [-0.1, -0.05) is 30.3 Å². The molecule has 0 bridgehead atoms. The smallest absolute Gasteiger partial charge is 0.180 e. The van der Waals surface area contributed by atoms with Gasteiger partial charge >= 0.3 is 0 Å². The predicted molar refractivity (Wildman–Crippen MR) is 99.3 cm³/mol. The summed E-state index contributed by atoms with van der Waals surface area (Å²) in [7, 11) is 2.00. The highest BCUT2D eigenvalue weighted by Gasteiger charge is 2.10. The molecular formula is C18H16BN5O. The normalized spacial score (nSPS) is 10.9. The fraction of sp³-hybridized carbons (Fsp3) is 0.0556. The van der Waals surface area contributed by atoms with Crippen molar-refractivity contribution in [2.75, 3.05) is 5.32 Å². The summed E-state index contributed by atoms with van der Waals surface area (Å²) in [6.07, 6.45) is 4.80. The van der Waals surface area contributed by atoms with Gasteiger partial charge in [-0.2, -0.15) is 14.3 Å². The van der Waals surface area contributed by atoms with E-state index < -0.39 is 0 Å². The maximum Gasteiger partial charge on any atom is 0.180 e. The van der Waals surface area contributed by atoms with Crippen LogP contribution in [0.1, 0.15) is 5.56 Å². The summed E-state index contributed by atoms with van der Waals surface area (Å²) < 4.78 is 2.58. The van der Waals surface area contributed by atoms with Crippen LogP contribution in [0.2, 0.25) is 0 Å². The molecule has 0 spiro atoms. The Bertz CT molecular complexity index is 1020. The van der Waals surface area contributed by atoms with E-state index in [4.69, 9.17) is 4.98 Å². The standard InChI is InChI=1S/C18H16BN5O/c19-15-12-21-24-17(20-11-13-6-8-23(25)9-7-13)10-16(22-18(15)24)14-4-2-1-3-5-14/h1-10,12,20H,11,19H2. The molecule has 0 unspecified atom stereocenters. The van der Waals surface area contributed by atoms with Gasteiger partial charge < -0.3 is 10.5 Å². The molecule has 0 aliphatic carbocycles. The Hall–Kier alpha value is -3.35. The van der Waals surface area contributed by atoms with E-state index in [1.165, 1.54) is 12.4 Å². The van der Waals surface area contributed by atoms with Crippen LogP contribution in [-0.2, 0) is 6.54 Å². The van der Waals surface area contributed by atoms with Crippen LogP contribution in [0.3, 0.4) is 0 Å². The van der Waals surface area contributed by atoms with Crippen molar-refractivity contribution in [3.63, 3.8) is 0 Å². The molecule has 3 aromatic heterocycles. The maximum atomic E-state index is 11.1. The average Bonchev–Trinajstić information content (AvgIpc) is 3.03. The van der Waals surface area contributed by atoms with Crippen LogP contribution in [0.5, 0.6) is 0 Å². The summed E-state index contributed by atoms with van der Waals surface area (Å²) in [6, 6.07) is 15.7. The van der Waals surface area contributed by atoms with Crippen LogP contribution >= 0.6 is 0 Å². The number of hydrogen-bond acceptors (Lipinski definition) is 4. The highest BCUT2D eigenvalue weighted by atomic mass is 16.5. The fourth-order valence-corrected chi connectivity index (χ4v) is 2.71. The molecule has 6 nitrogen and oxygen atoms in total. The number of nitrogens with zero attached hydrogens (tertiary/aromatic N) is 4. The number of fused-ring (bicyclic) bond motifs is 1. The zero-order valence-corrected chi connectivity index (χ0v) is 13.8. The minimum Gasteiger partial charge on any atom is -0.619 e. The van der Waals surface area contributed by atoms with Crippen molar-refractivity contribution >= 4 is 24.8 Å². The third-order valence-corrected chi connectivity index (χ3v) is 4.06. The number of benzene rings is 1. The summed E-state index contributed by atoms with van der Waals surface area (Å²) in [5.41, 5.74) is 4.81. The van der Waals surface area contributed by atoms with Crippen molar-refractivity contribution in [3.05, 3.63) is 77.9 Å². The molecule has 0 radical (unpaired) electrons. The lowest BCUT2D eigenvalue weighted by molar-refractivity contribution is -0.605. The topological polar surface area (TPSA) is 69.2 Å². The molecule has 0 saturated carbocycles. The Morgan fingerprint density at radius 3 is 2.64 bits per heavy atom. The van der Waals surface area contributed by atoms with E-state index >= 15 is 0 Å². The maximum absolute atomic E-state index is 11.1. The monoisotopic (exact) mass is 329 g/mol. The van der Waals surface area contributed by atoms with E-state index in [1.807, 2.05) is 50.4 Å². The largest absolute Gasteiger partial charge is 0.619 e. The Kier molecular flexibility index (Phi) is 3.82. The third kappa shape index (κ3) is 3.04. The number of anilines is 1. The van der Waals surface area contributed by atoms with E-state index in [9.17, 15) is 5.21 Å². The highest BCUT2D eigenvalue weighted by Crippen LogP contribution is 2.21. The van der Waals surface area contributed by atoms with Gasteiger partial charge in [0.05, 0.1) is 5.69 Å². The molecule has 0 amide bonds. The SMILES string of the molecule is Bc1cnn2c(NCc3cc[n+]([O-])cc3)cc(-c3ccccc3)nc12. The highest BCUT2D eigenvalue weighted by molar-refractivity contribution is 6.36. The van der Waals surface area contributed by atoms with Gasteiger partial charge in [-0.15, -0.1) is 0 Å². The summed E-state index contributed by atoms with van der Waals surface area (Å²) >= 11 is 0. The minimum absolute atomic E-state index is 0.590. The second-order valence-corrected chi connectivity index (χ2v) is 5.88. The molecule has 7 heteroatoms. The van der Waals surface area contributed by atoms with E-state index in [2.05, 4.69) is 10.4 Å². The predicted octanol–water partition coefficient (Wildman–Crippen LogP) is 0.900. The lowest BCUT2D eigenvalue weighted by Gasteiger charge is -2.11. The van der Waals surface area contributed by atoms with Crippen molar-refractivity contribution in [1.82, 2.24) is 14.6 Å². The number of nitrogens with one attached hydrogen (secondary N) is 1. The third-order valence-electron chi connectivity index (χ3n) is 4.06. The second-order valence-electron chi connectivity index (χ2n) is 5.88. The molecule has 25 heavy (non-hydrogen) atoms. The number of aromatic nitrogens is 4. The minimum atomic E-state index is 0.590. The van der Waals surface area contributed by atoms with Crippen molar-refractivity contribution in [2.24, 2.45) is 0 Å². The number of pyridine rings is 1. The van der Waals surface area contributed by atoms with Crippen molar-refractivity contribution in [3.8, 4) is 11.3 Å². The molecule has 1 aromatic carbocycles. The van der Waals surface area contributed by atoms with E-state index in [-0.39, 0.29) is 0 Å². The van der Waals surface area contributed by atoms with Crippen LogP contribution in [0.25, 0.3) is 16.9 Å². The number of hydrogen-bond donors (Lipinski definition) is 1.